The lowest BCUT2D eigenvalue weighted by molar-refractivity contribution is -0.137. The van der Waals surface area contributed by atoms with Crippen LogP contribution in [0.4, 0.5) is 8.78 Å². The number of hydrogen-bond donors (Lipinski definition) is 1. The number of nitrogens with zero attached hydrogens (tertiary/aromatic N) is 1. The number of amides is 1. The zero-order valence-electron chi connectivity index (χ0n) is 19.1. The molecule has 0 aliphatic carbocycles. The van der Waals surface area contributed by atoms with E-state index in [1.54, 1.807) is 42.5 Å². The van der Waals surface area contributed by atoms with Crippen LogP contribution >= 0.6 is 11.6 Å². The number of hydrogen-bond acceptors (Lipinski definition) is 3. The molecule has 1 N–H and O–H groups in total. The smallest absolute Gasteiger partial charge is 0.323 e. The van der Waals surface area contributed by atoms with E-state index in [1.165, 1.54) is 23.1 Å². The summed E-state index contributed by atoms with van der Waals surface area (Å²) in [5.41, 5.74) is 1.63. The van der Waals surface area contributed by atoms with Gasteiger partial charge in [0.2, 0.25) is 0 Å². The molecule has 0 aromatic heterocycles. The Labute approximate surface area is 206 Å². The minimum atomic E-state index is -1.15. The molecule has 0 fully saturated rings. The van der Waals surface area contributed by atoms with Gasteiger partial charge in [-0.2, -0.15) is 0 Å². The Hall–Kier alpha value is -3.45. The number of rotatable bonds is 8. The SMILES string of the molecule is C[C@]1(Cc2ccc(Cl)c(F)c2)Cc2cc(C(=O)N(CCc3ccccc3F)CC(=O)O)ccc2O1. The Bertz CT molecular complexity index is 1280. The van der Waals surface area contributed by atoms with Crippen LogP contribution in [0.3, 0.4) is 0 Å². The fraction of sp³-hybridized carbons (Fsp3) is 0.259. The number of fused-ring (bicyclic) bond motifs is 1. The summed E-state index contributed by atoms with van der Waals surface area (Å²) in [5.74, 6) is -1.89. The van der Waals surface area contributed by atoms with Crippen molar-refractivity contribution >= 4 is 23.5 Å². The van der Waals surface area contributed by atoms with Crippen molar-refractivity contribution in [2.24, 2.45) is 0 Å². The van der Waals surface area contributed by atoms with Crippen LogP contribution < -0.4 is 4.74 Å². The Kier molecular flexibility index (Phi) is 7.08. The molecule has 4 rings (SSSR count). The van der Waals surface area contributed by atoms with Gasteiger partial charge in [-0.3, -0.25) is 9.59 Å². The lowest BCUT2D eigenvalue weighted by Gasteiger charge is -2.24. The van der Waals surface area contributed by atoms with Gasteiger partial charge >= 0.3 is 5.97 Å². The van der Waals surface area contributed by atoms with Crippen LogP contribution in [-0.2, 0) is 24.1 Å². The second kappa shape index (κ2) is 10.0. The highest BCUT2D eigenvalue weighted by Crippen LogP contribution is 2.38. The van der Waals surface area contributed by atoms with Crippen molar-refractivity contribution in [3.63, 3.8) is 0 Å². The number of ether oxygens (including phenoxy) is 1. The quantitative estimate of drug-likeness (QED) is 0.455. The summed E-state index contributed by atoms with van der Waals surface area (Å²) in [6.07, 6.45) is 1.12. The van der Waals surface area contributed by atoms with Crippen molar-refractivity contribution in [2.45, 2.75) is 31.8 Å². The number of carbonyl (C=O) groups excluding carboxylic acids is 1. The maximum atomic E-state index is 14.0. The largest absolute Gasteiger partial charge is 0.487 e. The predicted octanol–water partition coefficient (Wildman–Crippen LogP) is 5.32. The van der Waals surface area contributed by atoms with E-state index in [4.69, 9.17) is 16.3 Å². The molecule has 1 heterocycles. The highest BCUT2D eigenvalue weighted by atomic mass is 35.5. The van der Waals surface area contributed by atoms with E-state index < -0.39 is 35.7 Å². The second-order valence-corrected chi connectivity index (χ2v) is 9.35. The first-order chi connectivity index (χ1) is 16.6. The molecule has 182 valence electrons. The van der Waals surface area contributed by atoms with Crippen molar-refractivity contribution in [3.05, 3.63) is 99.6 Å². The minimum Gasteiger partial charge on any atom is -0.487 e. The first-order valence-corrected chi connectivity index (χ1v) is 11.5. The molecule has 8 heteroatoms. The van der Waals surface area contributed by atoms with Gasteiger partial charge in [0, 0.05) is 24.9 Å². The number of carbonyl (C=O) groups is 2. The van der Waals surface area contributed by atoms with E-state index in [2.05, 4.69) is 0 Å². The van der Waals surface area contributed by atoms with Gasteiger partial charge in [-0.25, -0.2) is 8.78 Å². The lowest BCUT2D eigenvalue weighted by atomic mass is 9.91. The molecule has 0 saturated carbocycles. The molecule has 0 spiro atoms. The summed E-state index contributed by atoms with van der Waals surface area (Å²) in [6.45, 7) is 1.46. The van der Waals surface area contributed by atoms with Gasteiger partial charge in [0.15, 0.2) is 0 Å². The molecular weight excluding hydrogens is 476 g/mol. The zero-order valence-corrected chi connectivity index (χ0v) is 19.8. The van der Waals surface area contributed by atoms with Crippen LogP contribution in [0, 0.1) is 11.6 Å². The molecule has 35 heavy (non-hydrogen) atoms. The average Bonchev–Trinajstić information content (AvgIpc) is 3.14. The van der Waals surface area contributed by atoms with Crippen molar-refractivity contribution in [3.8, 4) is 5.75 Å². The maximum absolute atomic E-state index is 14.0. The molecule has 1 aliphatic heterocycles. The second-order valence-electron chi connectivity index (χ2n) is 8.94. The molecule has 0 bridgehead atoms. The summed E-state index contributed by atoms with van der Waals surface area (Å²) in [5, 5.41) is 9.36. The third-order valence-corrected chi connectivity index (χ3v) is 6.32. The van der Waals surface area contributed by atoms with Crippen molar-refractivity contribution in [1.82, 2.24) is 4.90 Å². The molecule has 5 nitrogen and oxygen atoms in total. The molecule has 3 aromatic rings. The Balaban J connectivity index is 1.49. The highest BCUT2D eigenvalue weighted by Gasteiger charge is 2.36. The number of aliphatic carboxylic acids is 1. The van der Waals surface area contributed by atoms with E-state index >= 15 is 0 Å². The summed E-state index contributed by atoms with van der Waals surface area (Å²) >= 11 is 5.78. The van der Waals surface area contributed by atoms with Gasteiger partial charge in [-0.1, -0.05) is 35.9 Å². The van der Waals surface area contributed by atoms with Crippen LogP contribution in [0.1, 0.15) is 34.0 Å². The van der Waals surface area contributed by atoms with E-state index in [-0.39, 0.29) is 18.0 Å². The normalized spacial score (nSPS) is 16.5. The van der Waals surface area contributed by atoms with Crippen LogP contribution in [0.25, 0.3) is 0 Å². The maximum Gasteiger partial charge on any atom is 0.323 e. The first kappa shape index (κ1) is 24.7. The number of benzene rings is 3. The molecular formula is C27H24ClF2NO4. The van der Waals surface area contributed by atoms with E-state index in [1.807, 2.05) is 6.92 Å². The third-order valence-electron chi connectivity index (χ3n) is 6.01. The monoisotopic (exact) mass is 499 g/mol. The van der Waals surface area contributed by atoms with E-state index in [9.17, 15) is 23.5 Å². The molecule has 0 unspecified atom stereocenters. The predicted molar refractivity (Wildman–Crippen MR) is 128 cm³/mol. The average molecular weight is 500 g/mol. The zero-order chi connectivity index (χ0) is 25.2. The fourth-order valence-electron chi connectivity index (χ4n) is 4.39. The molecule has 0 saturated heterocycles. The van der Waals surface area contributed by atoms with Gasteiger partial charge < -0.3 is 14.7 Å². The standard InChI is InChI=1S/C27H24ClF2NO4/c1-27(14-17-6-8-21(28)23(30)12-17)15-20-13-19(7-9-24(20)35-27)26(34)31(16-25(32)33)11-10-18-4-2-3-5-22(18)29/h2-9,12-13H,10-11,14-16H2,1H3,(H,32,33)/t27-/m0/s1. The molecule has 1 aliphatic rings. The fourth-order valence-corrected chi connectivity index (χ4v) is 4.51. The highest BCUT2D eigenvalue weighted by molar-refractivity contribution is 6.30. The van der Waals surface area contributed by atoms with Gasteiger partial charge in [0.1, 0.15) is 29.5 Å². The first-order valence-electron chi connectivity index (χ1n) is 11.1. The van der Waals surface area contributed by atoms with Crippen LogP contribution in [0.5, 0.6) is 5.75 Å². The van der Waals surface area contributed by atoms with Gasteiger partial charge in [-0.05, 0) is 66.4 Å². The Morgan fingerprint density at radius 1 is 1.09 bits per heavy atom. The van der Waals surface area contributed by atoms with Crippen LogP contribution in [0.2, 0.25) is 5.02 Å². The number of carboxylic acid groups (broad SMARTS) is 1. The summed E-state index contributed by atoms with van der Waals surface area (Å²) < 4.78 is 34.0. The molecule has 0 radical (unpaired) electrons. The number of halogens is 3. The Morgan fingerprint density at radius 3 is 2.57 bits per heavy atom. The molecule has 3 aromatic carbocycles. The van der Waals surface area contributed by atoms with Gasteiger partial charge in [0.25, 0.3) is 5.91 Å². The van der Waals surface area contributed by atoms with Crippen LogP contribution in [0.15, 0.2) is 60.7 Å². The summed E-state index contributed by atoms with van der Waals surface area (Å²) in [7, 11) is 0. The summed E-state index contributed by atoms with van der Waals surface area (Å²) in [4.78, 5) is 25.8. The topological polar surface area (TPSA) is 66.8 Å². The number of carboxylic acids is 1. The summed E-state index contributed by atoms with van der Waals surface area (Å²) in [6, 6.07) is 15.8. The molecule has 1 amide bonds. The molecule has 1 atom stereocenters. The Morgan fingerprint density at radius 2 is 1.86 bits per heavy atom. The van der Waals surface area contributed by atoms with Gasteiger partial charge in [-0.15, -0.1) is 0 Å². The van der Waals surface area contributed by atoms with Crippen molar-refractivity contribution < 1.29 is 28.2 Å². The van der Waals surface area contributed by atoms with Crippen molar-refractivity contribution in [1.29, 1.82) is 0 Å². The third kappa shape index (κ3) is 5.80. The van der Waals surface area contributed by atoms with E-state index in [0.717, 1.165) is 11.1 Å². The van der Waals surface area contributed by atoms with E-state index in [0.29, 0.717) is 29.7 Å². The van der Waals surface area contributed by atoms with Gasteiger partial charge in [0.05, 0.1) is 5.02 Å². The van der Waals surface area contributed by atoms with Crippen LogP contribution in [-0.4, -0.2) is 40.6 Å². The minimum absolute atomic E-state index is 0.0543. The van der Waals surface area contributed by atoms with Crippen molar-refractivity contribution in [2.75, 3.05) is 13.1 Å². The lowest BCUT2D eigenvalue weighted by Crippen LogP contribution is -2.37.